The summed E-state index contributed by atoms with van der Waals surface area (Å²) < 4.78 is 36.7. The number of nitrogens with zero attached hydrogens (tertiary/aromatic N) is 1. The summed E-state index contributed by atoms with van der Waals surface area (Å²) in [5.41, 5.74) is 5.37. The number of carbonyl (C=O) groups excluding carboxylic acids is 1. The molecule has 3 N–H and O–H groups in total. The molecule has 0 bridgehead atoms. The lowest BCUT2D eigenvalue weighted by Gasteiger charge is -2.47. The lowest BCUT2D eigenvalue weighted by Crippen LogP contribution is -2.60. The molecule has 0 atom stereocenters. The number of amides is 2. The van der Waals surface area contributed by atoms with Crippen LogP contribution in [0, 0.1) is 5.92 Å². The zero-order valence-electron chi connectivity index (χ0n) is 12.8. The van der Waals surface area contributed by atoms with Gasteiger partial charge in [-0.2, -0.15) is 13.2 Å². The maximum Gasteiger partial charge on any atom is 0.405 e. The normalized spacial score (nSPS) is 26.5. The quantitative estimate of drug-likeness (QED) is 0.820. The van der Waals surface area contributed by atoms with Gasteiger partial charge < -0.3 is 16.0 Å². The minimum absolute atomic E-state index is 0.288. The first-order valence-corrected chi connectivity index (χ1v) is 7.60. The number of hydrogen-bond donors (Lipinski definition) is 2. The predicted molar refractivity (Wildman–Crippen MR) is 75.9 cm³/mol. The van der Waals surface area contributed by atoms with Crippen molar-refractivity contribution in [1.82, 2.24) is 10.2 Å². The number of likely N-dealkylation sites (N-methyl/N-ethyl adjacent to an activating group) is 1. The number of urea groups is 1. The first-order valence-electron chi connectivity index (χ1n) is 7.60. The summed E-state index contributed by atoms with van der Waals surface area (Å²) in [5, 5.41) is 1.96. The summed E-state index contributed by atoms with van der Waals surface area (Å²) in [6, 6.07) is -0.671. The number of carbonyl (C=O) groups is 1. The summed E-state index contributed by atoms with van der Waals surface area (Å²) in [5.74, 6) is 0.626. The molecule has 0 aromatic carbocycles. The largest absolute Gasteiger partial charge is 0.405 e. The Morgan fingerprint density at radius 1 is 1.33 bits per heavy atom. The lowest BCUT2D eigenvalue weighted by molar-refractivity contribution is -0.123. The molecule has 1 fully saturated rings. The Kier molecular flexibility index (Phi) is 6.31. The number of nitrogens with two attached hydrogens (primary N) is 1. The molecule has 0 spiro atoms. The van der Waals surface area contributed by atoms with Gasteiger partial charge in [0, 0.05) is 13.1 Å². The molecule has 1 rings (SSSR count). The van der Waals surface area contributed by atoms with E-state index in [-0.39, 0.29) is 6.54 Å². The Balaban J connectivity index is 2.73. The second-order valence-electron chi connectivity index (χ2n) is 5.80. The Morgan fingerprint density at radius 3 is 2.29 bits per heavy atom. The Hall–Kier alpha value is -0.980. The lowest BCUT2D eigenvalue weighted by atomic mass is 9.74. The highest BCUT2D eigenvalue weighted by molar-refractivity contribution is 5.75. The molecule has 0 unspecified atom stereocenters. The molecule has 0 saturated heterocycles. The number of nitrogens with one attached hydrogen (secondary N) is 1. The zero-order chi connectivity index (χ0) is 16.1. The molecule has 0 radical (unpaired) electrons. The first kappa shape index (κ1) is 18.1. The Bertz CT molecular complexity index is 339. The molecule has 0 aromatic heterocycles. The van der Waals surface area contributed by atoms with E-state index >= 15 is 0 Å². The topological polar surface area (TPSA) is 58.4 Å². The maximum absolute atomic E-state index is 12.2. The van der Waals surface area contributed by atoms with Gasteiger partial charge in [0.15, 0.2) is 0 Å². The van der Waals surface area contributed by atoms with E-state index in [1.807, 2.05) is 5.32 Å². The number of halogens is 3. The fourth-order valence-corrected chi connectivity index (χ4v) is 3.17. The number of hydrogen-bond acceptors (Lipinski definition) is 2. The van der Waals surface area contributed by atoms with E-state index in [2.05, 4.69) is 6.92 Å². The van der Waals surface area contributed by atoms with Crippen molar-refractivity contribution in [3.63, 3.8) is 0 Å². The predicted octanol–water partition coefficient (Wildman–Crippen LogP) is 2.88. The van der Waals surface area contributed by atoms with Crippen molar-refractivity contribution in [2.24, 2.45) is 11.7 Å². The minimum Gasteiger partial charge on any atom is -0.329 e. The van der Waals surface area contributed by atoms with Gasteiger partial charge in [0.05, 0.1) is 5.54 Å². The molecular formula is C14H26F3N3O. The fraction of sp³-hybridized carbons (Fsp3) is 0.929. The standard InChI is InChI=1S/C14H26F3N3O/c1-3-11-5-7-13(9-18,8-6-11)20(4-2)12(21)19-10-14(15,16)17/h11H,3-10,18H2,1-2H3,(H,19,21). The van der Waals surface area contributed by atoms with Crippen molar-refractivity contribution >= 4 is 6.03 Å². The third-order valence-electron chi connectivity index (χ3n) is 4.57. The highest BCUT2D eigenvalue weighted by atomic mass is 19.4. The van der Waals surface area contributed by atoms with E-state index in [0.29, 0.717) is 12.5 Å². The third-order valence-corrected chi connectivity index (χ3v) is 4.57. The smallest absolute Gasteiger partial charge is 0.329 e. The minimum atomic E-state index is -4.40. The van der Waals surface area contributed by atoms with Gasteiger partial charge in [-0.25, -0.2) is 4.79 Å². The highest BCUT2D eigenvalue weighted by Gasteiger charge is 2.41. The van der Waals surface area contributed by atoms with Crippen molar-refractivity contribution < 1.29 is 18.0 Å². The van der Waals surface area contributed by atoms with E-state index in [0.717, 1.165) is 32.1 Å². The van der Waals surface area contributed by atoms with Crippen LogP contribution in [-0.2, 0) is 0 Å². The molecular weight excluding hydrogens is 283 g/mol. The van der Waals surface area contributed by atoms with E-state index in [9.17, 15) is 18.0 Å². The van der Waals surface area contributed by atoms with Crippen LogP contribution < -0.4 is 11.1 Å². The van der Waals surface area contributed by atoms with Crippen LogP contribution >= 0.6 is 0 Å². The number of alkyl halides is 3. The van der Waals surface area contributed by atoms with Crippen molar-refractivity contribution in [3.8, 4) is 0 Å². The van der Waals surface area contributed by atoms with Gasteiger partial charge in [0.25, 0.3) is 0 Å². The molecule has 1 aliphatic rings. The second-order valence-corrected chi connectivity index (χ2v) is 5.80. The van der Waals surface area contributed by atoms with Crippen molar-refractivity contribution in [2.45, 2.75) is 57.7 Å². The Morgan fingerprint density at radius 2 is 1.90 bits per heavy atom. The molecule has 21 heavy (non-hydrogen) atoms. The fourth-order valence-electron chi connectivity index (χ4n) is 3.17. The zero-order valence-corrected chi connectivity index (χ0v) is 12.8. The molecule has 0 aliphatic heterocycles. The molecule has 2 amide bonds. The van der Waals surface area contributed by atoms with Gasteiger partial charge in [-0.15, -0.1) is 0 Å². The third kappa shape index (κ3) is 4.76. The molecule has 1 aliphatic carbocycles. The average molecular weight is 309 g/mol. The highest BCUT2D eigenvalue weighted by Crippen LogP contribution is 2.37. The van der Waals surface area contributed by atoms with Crippen LogP contribution in [0.5, 0.6) is 0 Å². The van der Waals surface area contributed by atoms with Crippen molar-refractivity contribution in [3.05, 3.63) is 0 Å². The van der Waals surface area contributed by atoms with Crippen LogP contribution in [0.15, 0.2) is 0 Å². The van der Waals surface area contributed by atoms with Crippen LogP contribution in [0.25, 0.3) is 0 Å². The molecule has 1 saturated carbocycles. The van der Waals surface area contributed by atoms with Gasteiger partial charge >= 0.3 is 12.2 Å². The van der Waals surface area contributed by atoms with E-state index < -0.39 is 24.3 Å². The van der Waals surface area contributed by atoms with E-state index in [4.69, 9.17) is 5.73 Å². The summed E-state index contributed by atoms with van der Waals surface area (Å²) in [6.07, 6.45) is 0.149. The van der Waals surface area contributed by atoms with Crippen LogP contribution in [0.4, 0.5) is 18.0 Å². The second kappa shape index (κ2) is 7.33. The van der Waals surface area contributed by atoms with Crippen LogP contribution in [0.1, 0.15) is 46.0 Å². The van der Waals surface area contributed by atoms with E-state index in [1.165, 1.54) is 4.90 Å². The van der Waals surface area contributed by atoms with Crippen molar-refractivity contribution in [1.29, 1.82) is 0 Å². The molecule has 7 heteroatoms. The van der Waals surface area contributed by atoms with Gasteiger partial charge in [-0.1, -0.05) is 13.3 Å². The van der Waals surface area contributed by atoms with Crippen LogP contribution in [-0.4, -0.2) is 42.3 Å². The van der Waals surface area contributed by atoms with Crippen LogP contribution in [0.2, 0.25) is 0 Å². The summed E-state index contributed by atoms with van der Waals surface area (Å²) in [6.45, 7) is 3.25. The van der Waals surface area contributed by atoms with Gasteiger partial charge in [0.1, 0.15) is 6.54 Å². The van der Waals surface area contributed by atoms with Crippen LogP contribution in [0.3, 0.4) is 0 Å². The number of rotatable bonds is 5. The first-order chi connectivity index (χ1) is 9.78. The molecule has 0 heterocycles. The van der Waals surface area contributed by atoms with Gasteiger partial charge in [-0.3, -0.25) is 0 Å². The summed E-state index contributed by atoms with van der Waals surface area (Å²) >= 11 is 0. The van der Waals surface area contributed by atoms with E-state index in [1.54, 1.807) is 6.92 Å². The van der Waals surface area contributed by atoms with Gasteiger partial charge in [-0.05, 0) is 38.5 Å². The molecule has 0 aromatic rings. The monoisotopic (exact) mass is 309 g/mol. The molecule has 4 nitrogen and oxygen atoms in total. The van der Waals surface area contributed by atoms with Crippen molar-refractivity contribution in [2.75, 3.05) is 19.6 Å². The Labute approximate surface area is 124 Å². The molecule has 124 valence electrons. The SMILES string of the molecule is CCC1CCC(CN)(N(CC)C(=O)NCC(F)(F)F)CC1. The maximum atomic E-state index is 12.2. The summed E-state index contributed by atoms with van der Waals surface area (Å²) in [7, 11) is 0. The van der Waals surface area contributed by atoms with Gasteiger partial charge in [0.2, 0.25) is 0 Å². The summed E-state index contributed by atoms with van der Waals surface area (Å²) in [4.78, 5) is 13.6. The average Bonchev–Trinajstić information content (AvgIpc) is 2.45.